The quantitative estimate of drug-likeness (QED) is 0.411. The van der Waals surface area contributed by atoms with Crippen molar-refractivity contribution in [3.05, 3.63) is 84.4 Å². The average Bonchev–Trinajstić information content (AvgIpc) is 2.79. The minimum Gasteiger partial charge on any atom is -0.497 e. The van der Waals surface area contributed by atoms with Gasteiger partial charge in [0.1, 0.15) is 11.0 Å². The minimum atomic E-state index is -0.427. The van der Waals surface area contributed by atoms with Crippen molar-refractivity contribution in [2.24, 2.45) is 0 Å². The molecule has 2 N–H and O–H groups in total. The molecule has 31 heavy (non-hydrogen) atoms. The molecule has 3 aromatic rings. The molecular formula is C25H26N2O3S. The van der Waals surface area contributed by atoms with Crippen LogP contribution in [0.4, 0.5) is 11.4 Å². The van der Waals surface area contributed by atoms with Gasteiger partial charge in [-0.3, -0.25) is 9.59 Å². The topological polar surface area (TPSA) is 67.4 Å². The molecule has 0 aliphatic carbocycles. The molecule has 0 heterocycles. The Hall–Kier alpha value is -3.25. The second-order valence-corrected chi connectivity index (χ2v) is 8.13. The maximum Gasteiger partial charge on any atom is 0.242 e. The Labute approximate surface area is 187 Å². The van der Waals surface area contributed by atoms with Gasteiger partial charge in [0, 0.05) is 22.7 Å². The second-order valence-electron chi connectivity index (χ2n) is 6.95. The molecule has 0 aliphatic heterocycles. The SMILES string of the molecule is CCCC(=O)Nc1ccc(SC(C(=O)Nc2ccc(OC)cc2)c2ccccc2)cc1. The van der Waals surface area contributed by atoms with E-state index in [4.69, 9.17) is 4.74 Å². The van der Waals surface area contributed by atoms with Gasteiger partial charge in [-0.1, -0.05) is 37.3 Å². The number of benzene rings is 3. The van der Waals surface area contributed by atoms with E-state index in [1.165, 1.54) is 11.8 Å². The Bertz CT molecular complexity index is 990. The minimum absolute atomic E-state index is 0.00364. The molecule has 5 nitrogen and oxygen atoms in total. The Morgan fingerprint density at radius 2 is 1.48 bits per heavy atom. The van der Waals surface area contributed by atoms with Crippen LogP contribution in [0, 0.1) is 0 Å². The van der Waals surface area contributed by atoms with Crippen LogP contribution >= 0.6 is 11.8 Å². The van der Waals surface area contributed by atoms with Crippen LogP contribution in [0.1, 0.15) is 30.6 Å². The van der Waals surface area contributed by atoms with Gasteiger partial charge in [0.25, 0.3) is 0 Å². The van der Waals surface area contributed by atoms with Crippen molar-refractivity contribution in [2.45, 2.75) is 29.9 Å². The average molecular weight is 435 g/mol. The molecule has 2 amide bonds. The maximum absolute atomic E-state index is 13.1. The zero-order chi connectivity index (χ0) is 22.1. The number of hydrogen-bond acceptors (Lipinski definition) is 4. The van der Waals surface area contributed by atoms with Crippen LogP contribution in [0.2, 0.25) is 0 Å². The zero-order valence-electron chi connectivity index (χ0n) is 17.6. The molecule has 0 aromatic heterocycles. The zero-order valence-corrected chi connectivity index (χ0v) is 18.4. The van der Waals surface area contributed by atoms with Crippen LogP contribution in [0.5, 0.6) is 5.75 Å². The lowest BCUT2D eigenvalue weighted by Crippen LogP contribution is -2.19. The fourth-order valence-corrected chi connectivity index (χ4v) is 4.01. The number of anilines is 2. The smallest absolute Gasteiger partial charge is 0.242 e. The third-order valence-corrected chi connectivity index (χ3v) is 5.83. The van der Waals surface area contributed by atoms with E-state index in [1.807, 2.05) is 85.8 Å². The van der Waals surface area contributed by atoms with E-state index < -0.39 is 5.25 Å². The number of carbonyl (C=O) groups excluding carboxylic acids is 2. The van der Waals surface area contributed by atoms with Crippen LogP contribution in [0.3, 0.4) is 0 Å². The molecule has 0 fully saturated rings. The molecule has 6 heteroatoms. The fraction of sp³-hybridized carbons (Fsp3) is 0.200. The molecule has 3 aromatic carbocycles. The Kier molecular flexibility index (Phi) is 8.12. The van der Waals surface area contributed by atoms with E-state index in [0.717, 1.165) is 28.3 Å². The van der Waals surface area contributed by atoms with Gasteiger partial charge < -0.3 is 15.4 Å². The van der Waals surface area contributed by atoms with Gasteiger partial charge >= 0.3 is 0 Å². The predicted octanol–water partition coefficient (Wildman–Crippen LogP) is 5.91. The van der Waals surface area contributed by atoms with Crippen molar-refractivity contribution >= 4 is 35.0 Å². The van der Waals surface area contributed by atoms with Crippen LogP contribution in [0.15, 0.2) is 83.8 Å². The first-order chi connectivity index (χ1) is 15.1. The molecule has 1 unspecified atom stereocenters. The van der Waals surface area contributed by atoms with Gasteiger partial charge in [0.15, 0.2) is 0 Å². The number of rotatable bonds is 9. The van der Waals surface area contributed by atoms with Crippen LogP contribution in [-0.2, 0) is 9.59 Å². The van der Waals surface area contributed by atoms with Gasteiger partial charge in [0.2, 0.25) is 11.8 Å². The first-order valence-electron chi connectivity index (χ1n) is 10.2. The highest BCUT2D eigenvalue weighted by Gasteiger charge is 2.22. The van der Waals surface area contributed by atoms with Gasteiger partial charge in [0.05, 0.1) is 7.11 Å². The lowest BCUT2D eigenvalue weighted by molar-refractivity contribution is -0.116. The van der Waals surface area contributed by atoms with E-state index in [0.29, 0.717) is 12.1 Å². The third kappa shape index (κ3) is 6.62. The molecule has 0 saturated heterocycles. The number of amides is 2. The highest BCUT2D eigenvalue weighted by Crippen LogP contribution is 2.36. The summed E-state index contributed by atoms with van der Waals surface area (Å²) in [6.07, 6.45) is 1.31. The van der Waals surface area contributed by atoms with E-state index in [9.17, 15) is 9.59 Å². The summed E-state index contributed by atoms with van der Waals surface area (Å²) in [4.78, 5) is 25.9. The molecule has 0 saturated carbocycles. The Morgan fingerprint density at radius 3 is 2.10 bits per heavy atom. The van der Waals surface area contributed by atoms with Crippen LogP contribution < -0.4 is 15.4 Å². The van der Waals surface area contributed by atoms with Gasteiger partial charge in [-0.05, 0) is 60.5 Å². The maximum atomic E-state index is 13.1. The molecule has 0 radical (unpaired) electrons. The van der Waals surface area contributed by atoms with Crippen molar-refractivity contribution in [2.75, 3.05) is 17.7 Å². The van der Waals surface area contributed by atoms with E-state index >= 15 is 0 Å². The van der Waals surface area contributed by atoms with Gasteiger partial charge in [-0.25, -0.2) is 0 Å². The summed E-state index contributed by atoms with van der Waals surface area (Å²) in [5.74, 6) is 0.628. The number of nitrogens with one attached hydrogen (secondary N) is 2. The first-order valence-corrected chi connectivity index (χ1v) is 11.0. The summed E-state index contributed by atoms with van der Waals surface area (Å²) in [6.45, 7) is 1.97. The fourth-order valence-electron chi connectivity index (χ4n) is 2.99. The monoisotopic (exact) mass is 434 g/mol. The van der Waals surface area contributed by atoms with Crippen molar-refractivity contribution < 1.29 is 14.3 Å². The first kappa shape index (κ1) is 22.4. The Balaban J connectivity index is 1.74. The molecule has 0 bridgehead atoms. The number of ether oxygens (including phenoxy) is 1. The number of methoxy groups -OCH3 is 1. The van der Waals surface area contributed by atoms with E-state index in [2.05, 4.69) is 10.6 Å². The molecule has 3 rings (SSSR count). The molecule has 0 aliphatic rings. The standard InChI is InChI=1S/C25H26N2O3S/c1-3-7-23(28)26-19-12-16-22(17-13-19)31-24(18-8-5-4-6-9-18)25(29)27-20-10-14-21(30-2)15-11-20/h4-6,8-17,24H,3,7H2,1-2H3,(H,26,28)(H,27,29). The van der Waals surface area contributed by atoms with Crippen molar-refractivity contribution in [3.63, 3.8) is 0 Å². The summed E-state index contributed by atoms with van der Waals surface area (Å²) >= 11 is 1.47. The predicted molar refractivity (Wildman–Crippen MR) is 127 cm³/mol. The molecule has 1 atom stereocenters. The van der Waals surface area contributed by atoms with Gasteiger partial charge in [-0.15, -0.1) is 11.8 Å². The highest BCUT2D eigenvalue weighted by molar-refractivity contribution is 8.00. The summed E-state index contributed by atoms with van der Waals surface area (Å²) in [5.41, 5.74) is 2.38. The van der Waals surface area contributed by atoms with Crippen LogP contribution in [-0.4, -0.2) is 18.9 Å². The highest BCUT2D eigenvalue weighted by atomic mass is 32.2. The molecule has 0 spiro atoms. The van der Waals surface area contributed by atoms with Crippen molar-refractivity contribution in [1.82, 2.24) is 0 Å². The number of thioether (sulfide) groups is 1. The summed E-state index contributed by atoms with van der Waals surface area (Å²) < 4.78 is 5.17. The van der Waals surface area contributed by atoms with Crippen LogP contribution in [0.25, 0.3) is 0 Å². The van der Waals surface area contributed by atoms with Crippen molar-refractivity contribution in [3.8, 4) is 5.75 Å². The molecular weight excluding hydrogens is 408 g/mol. The Morgan fingerprint density at radius 1 is 0.871 bits per heavy atom. The lowest BCUT2D eigenvalue weighted by atomic mass is 10.1. The normalized spacial score (nSPS) is 11.4. The molecule has 160 valence electrons. The largest absolute Gasteiger partial charge is 0.497 e. The summed E-state index contributed by atoms with van der Waals surface area (Å²) in [7, 11) is 1.61. The summed E-state index contributed by atoms with van der Waals surface area (Å²) in [6, 6.07) is 24.5. The lowest BCUT2D eigenvalue weighted by Gasteiger charge is -2.17. The number of carbonyl (C=O) groups is 2. The number of hydrogen-bond donors (Lipinski definition) is 2. The van der Waals surface area contributed by atoms with E-state index in [-0.39, 0.29) is 11.8 Å². The van der Waals surface area contributed by atoms with Crippen molar-refractivity contribution in [1.29, 1.82) is 0 Å². The van der Waals surface area contributed by atoms with E-state index in [1.54, 1.807) is 7.11 Å². The summed E-state index contributed by atoms with van der Waals surface area (Å²) in [5, 5.41) is 5.45. The third-order valence-electron chi connectivity index (χ3n) is 4.57. The second kappa shape index (κ2) is 11.2. The van der Waals surface area contributed by atoms with Gasteiger partial charge in [-0.2, -0.15) is 0 Å².